The molecule has 1 aromatic rings. The molecule has 4 aliphatic rings. The zero-order valence-electron chi connectivity index (χ0n) is 18.4. The quantitative estimate of drug-likeness (QED) is 0.534. The van der Waals surface area contributed by atoms with E-state index in [9.17, 15) is 19.2 Å². The van der Waals surface area contributed by atoms with Gasteiger partial charge in [0.05, 0.1) is 23.6 Å². The van der Waals surface area contributed by atoms with Gasteiger partial charge in [-0.3, -0.25) is 19.2 Å². The molecule has 7 heteroatoms. The van der Waals surface area contributed by atoms with Gasteiger partial charge < -0.3 is 9.47 Å². The maximum Gasteiger partial charge on any atom is 0.313 e. The molecule has 1 aromatic carbocycles. The van der Waals surface area contributed by atoms with Crippen LogP contribution in [0.3, 0.4) is 0 Å². The molecule has 0 radical (unpaired) electrons. The molecule has 0 N–H and O–H groups in total. The van der Waals surface area contributed by atoms with Crippen molar-refractivity contribution >= 4 is 29.3 Å². The van der Waals surface area contributed by atoms with Gasteiger partial charge >= 0.3 is 5.97 Å². The first kappa shape index (κ1) is 20.2. The van der Waals surface area contributed by atoms with Crippen LogP contribution in [0.25, 0.3) is 0 Å². The Morgan fingerprint density at radius 3 is 2.42 bits per heavy atom. The number of carbonyl (C=O) groups is 4. The second-order valence-electron chi connectivity index (χ2n) is 10.2. The molecule has 31 heavy (non-hydrogen) atoms. The van der Waals surface area contributed by atoms with Crippen LogP contribution < -0.4 is 9.64 Å². The number of rotatable bonds is 2. The number of carbonyl (C=O) groups excluding carboxylic acids is 4. The minimum Gasteiger partial charge on any atom is -0.497 e. The highest BCUT2D eigenvalue weighted by Crippen LogP contribution is 2.66. The molecular weight excluding hydrogens is 398 g/mol. The Morgan fingerprint density at radius 2 is 1.84 bits per heavy atom. The molecule has 2 bridgehead atoms. The average molecular weight is 425 g/mol. The van der Waals surface area contributed by atoms with Gasteiger partial charge in [-0.15, -0.1) is 0 Å². The lowest BCUT2D eigenvalue weighted by molar-refractivity contribution is -0.167. The number of esters is 1. The van der Waals surface area contributed by atoms with E-state index < -0.39 is 33.7 Å². The SMILES string of the molecule is COc1ccc2c(c1)[C@@]1(CCCC(=O)C1)C(=O)N2C(=O)[C@@]12CC[C@@](C)(C(=O)O1)C2(C)C. The zero-order valence-corrected chi connectivity index (χ0v) is 18.4. The minimum atomic E-state index is -1.39. The van der Waals surface area contributed by atoms with Crippen molar-refractivity contribution < 1.29 is 28.7 Å². The molecular formula is C24H27NO6. The number of benzene rings is 1. The summed E-state index contributed by atoms with van der Waals surface area (Å²) in [7, 11) is 1.54. The van der Waals surface area contributed by atoms with Crippen molar-refractivity contribution in [1.82, 2.24) is 0 Å². The van der Waals surface area contributed by atoms with Gasteiger partial charge in [0, 0.05) is 18.3 Å². The lowest BCUT2D eigenvalue weighted by Gasteiger charge is -2.38. The van der Waals surface area contributed by atoms with Crippen LogP contribution in [-0.2, 0) is 29.3 Å². The third kappa shape index (κ3) is 2.14. The molecule has 2 aliphatic carbocycles. The van der Waals surface area contributed by atoms with E-state index in [0.717, 1.165) is 0 Å². The minimum absolute atomic E-state index is 0.0156. The second-order valence-corrected chi connectivity index (χ2v) is 10.2. The number of ether oxygens (including phenoxy) is 2. The number of hydrogen-bond donors (Lipinski definition) is 0. The topological polar surface area (TPSA) is 90.0 Å². The highest BCUT2D eigenvalue weighted by atomic mass is 16.6. The van der Waals surface area contributed by atoms with Crippen LogP contribution in [0, 0.1) is 10.8 Å². The van der Waals surface area contributed by atoms with Crippen molar-refractivity contribution in [2.24, 2.45) is 10.8 Å². The summed E-state index contributed by atoms with van der Waals surface area (Å²) in [4.78, 5) is 54.3. The van der Waals surface area contributed by atoms with Crippen LogP contribution in [0.1, 0.15) is 64.9 Å². The number of hydrogen-bond acceptors (Lipinski definition) is 6. The summed E-state index contributed by atoms with van der Waals surface area (Å²) in [6.45, 7) is 5.58. The van der Waals surface area contributed by atoms with Crippen molar-refractivity contribution in [3.8, 4) is 5.75 Å². The van der Waals surface area contributed by atoms with Gasteiger partial charge in [-0.25, -0.2) is 4.90 Å². The molecule has 164 valence electrons. The number of anilines is 1. The normalized spacial score (nSPS) is 35.5. The van der Waals surface area contributed by atoms with Crippen LogP contribution in [0.4, 0.5) is 5.69 Å². The predicted octanol–water partition coefficient (Wildman–Crippen LogP) is 3.07. The lowest BCUT2D eigenvalue weighted by Crippen LogP contribution is -2.57. The van der Waals surface area contributed by atoms with E-state index in [1.807, 2.05) is 20.8 Å². The number of methoxy groups -OCH3 is 1. The number of fused-ring (bicyclic) bond motifs is 4. The summed E-state index contributed by atoms with van der Waals surface area (Å²) in [5, 5.41) is 0. The summed E-state index contributed by atoms with van der Waals surface area (Å²) < 4.78 is 11.1. The van der Waals surface area contributed by atoms with E-state index in [1.165, 1.54) is 4.90 Å². The van der Waals surface area contributed by atoms with Gasteiger partial charge in [0.15, 0.2) is 5.60 Å². The summed E-state index contributed by atoms with van der Waals surface area (Å²) >= 11 is 0. The van der Waals surface area contributed by atoms with E-state index in [1.54, 1.807) is 25.3 Å². The highest BCUT2D eigenvalue weighted by molar-refractivity contribution is 6.26. The van der Waals surface area contributed by atoms with Crippen molar-refractivity contribution in [1.29, 1.82) is 0 Å². The zero-order chi connectivity index (χ0) is 22.4. The van der Waals surface area contributed by atoms with Crippen LogP contribution in [0.2, 0.25) is 0 Å². The Morgan fingerprint density at radius 1 is 1.10 bits per heavy atom. The fourth-order valence-corrected chi connectivity index (χ4v) is 6.28. The smallest absolute Gasteiger partial charge is 0.313 e. The Balaban J connectivity index is 1.66. The molecule has 0 aromatic heterocycles. The van der Waals surface area contributed by atoms with E-state index >= 15 is 0 Å². The fourth-order valence-electron chi connectivity index (χ4n) is 6.28. The summed E-state index contributed by atoms with van der Waals surface area (Å²) in [6, 6.07) is 5.17. The number of Topliss-reactive ketones (excluding diaryl/α,β-unsaturated/α-hetero) is 1. The van der Waals surface area contributed by atoms with Gasteiger partial charge in [-0.1, -0.05) is 13.8 Å². The monoisotopic (exact) mass is 425 g/mol. The van der Waals surface area contributed by atoms with Gasteiger partial charge in [0.2, 0.25) is 5.91 Å². The predicted molar refractivity (Wildman–Crippen MR) is 111 cm³/mol. The van der Waals surface area contributed by atoms with Crippen LogP contribution in [0.5, 0.6) is 5.75 Å². The molecule has 2 amide bonds. The molecule has 2 saturated carbocycles. The Bertz CT molecular complexity index is 1060. The van der Waals surface area contributed by atoms with Gasteiger partial charge in [0.25, 0.3) is 5.91 Å². The van der Waals surface area contributed by atoms with Crippen molar-refractivity contribution in [3.63, 3.8) is 0 Å². The van der Waals surface area contributed by atoms with Crippen molar-refractivity contribution in [2.45, 2.75) is 70.3 Å². The van der Waals surface area contributed by atoms with Crippen molar-refractivity contribution in [2.75, 3.05) is 12.0 Å². The van der Waals surface area contributed by atoms with Gasteiger partial charge in [0.1, 0.15) is 11.5 Å². The van der Waals surface area contributed by atoms with Crippen LogP contribution >= 0.6 is 0 Å². The summed E-state index contributed by atoms with van der Waals surface area (Å²) in [5.74, 6) is -0.699. The first-order valence-electron chi connectivity index (χ1n) is 10.9. The maximum atomic E-state index is 14.1. The van der Waals surface area contributed by atoms with Crippen LogP contribution in [-0.4, -0.2) is 36.3 Å². The third-order valence-corrected chi connectivity index (χ3v) is 8.76. The van der Waals surface area contributed by atoms with Gasteiger partial charge in [-0.05, 0) is 56.4 Å². The molecule has 2 aliphatic heterocycles. The first-order chi connectivity index (χ1) is 14.5. The fraction of sp³-hybridized carbons (Fsp3) is 0.583. The Labute approximate surface area is 181 Å². The summed E-state index contributed by atoms with van der Waals surface area (Å²) in [6.07, 6.45) is 2.51. The molecule has 5 rings (SSSR count). The number of nitrogens with zero attached hydrogens (tertiary/aromatic N) is 1. The van der Waals surface area contributed by atoms with Gasteiger partial charge in [-0.2, -0.15) is 0 Å². The lowest BCUT2D eigenvalue weighted by atomic mass is 9.66. The Kier molecular flexibility index (Phi) is 3.89. The van der Waals surface area contributed by atoms with E-state index in [0.29, 0.717) is 49.1 Å². The third-order valence-electron chi connectivity index (χ3n) is 8.76. The summed E-state index contributed by atoms with van der Waals surface area (Å²) in [5.41, 5.74) is -2.88. The van der Waals surface area contributed by atoms with Crippen LogP contribution in [0.15, 0.2) is 18.2 Å². The number of ketones is 1. The molecule has 0 unspecified atom stereocenters. The largest absolute Gasteiger partial charge is 0.497 e. The molecule has 2 heterocycles. The van der Waals surface area contributed by atoms with E-state index in [4.69, 9.17) is 9.47 Å². The standard InChI is InChI=1S/C24H27NO6/c1-21(2)22(3)10-11-24(21,31-20(22)29)19(28)25-17-8-7-15(30-4)12-16(17)23(18(25)27)9-5-6-14(26)13-23/h7-8,12H,5-6,9-11,13H2,1-4H3/t22-,23-,24+/m0/s1. The molecule has 3 atom stereocenters. The van der Waals surface area contributed by atoms with Crippen molar-refractivity contribution in [3.05, 3.63) is 23.8 Å². The van der Waals surface area contributed by atoms with E-state index in [-0.39, 0.29) is 18.2 Å². The van der Waals surface area contributed by atoms with E-state index in [2.05, 4.69) is 0 Å². The maximum absolute atomic E-state index is 14.1. The highest BCUT2D eigenvalue weighted by Gasteiger charge is 2.77. The average Bonchev–Trinajstić information content (AvgIpc) is 3.15. The second kappa shape index (κ2) is 5.96. The number of imide groups is 1. The molecule has 3 fully saturated rings. The Hall–Kier alpha value is -2.70. The number of amides is 2. The molecule has 7 nitrogen and oxygen atoms in total. The molecule has 1 spiro atoms. The molecule has 1 saturated heterocycles. The first-order valence-corrected chi connectivity index (χ1v) is 10.9.